The Balaban J connectivity index is 3.16. The van der Waals surface area contributed by atoms with Crippen molar-refractivity contribution in [1.29, 1.82) is 0 Å². The quantitative estimate of drug-likeness (QED) is 0.711. The molecular formula is C12H17NO2. The Morgan fingerprint density at radius 3 is 2.53 bits per heavy atom. The van der Waals surface area contributed by atoms with E-state index in [1.165, 1.54) is 0 Å². The number of aldehydes is 1. The van der Waals surface area contributed by atoms with E-state index in [1.54, 1.807) is 7.11 Å². The van der Waals surface area contributed by atoms with E-state index >= 15 is 0 Å². The standard InChI is InChI=1S/C12H17NO2/c1-8(2)11(7-14)10-6-5-9(3)13-12(10)15-4/h5-8,11H,1-4H3. The third-order valence-electron chi connectivity index (χ3n) is 2.45. The van der Waals surface area contributed by atoms with Gasteiger partial charge in [-0.05, 0) is 18.9 Å². The normalized spacial score (nSPS) is 12.6. The predicted octanol–water partition coefficient (Wildman–Crippen LogP) is 2.34. The predicted molar refractivity (Wildman–Crippen MR) is 59.2 cm³/mol. The topological polar surface area (TPSA) is 39.2 Å². The molecule has 1 aromatic rings. The summed E-state index contributed by atoms with van der Waals surface area (Å²) in [5, 5.41) is 0. The minimum Gasteiger partial charge on any atom is -0.481 e. The monoisotopic (exact) mass is 207 g/mol. The number of hydrogen-bond acceptors (Lipinski definition) is 3. The van der Waals surface area contributed by atoms with Crippen LogP contribution in [0, 0.1) is 12.8 Å². The van der Waals surface area contributed by atoms with E-state index in [-0.39, 0.29) is 11.8 Å². The van der Waals surface area contributed by atoms with Gasteiger partial charge in [0.05, 0.1) is 7.11 Å². The number of methoxy groups -OCH3 is 1. The molecule has 1 heterocycles. The van der Waals surface area contributed by atoms with Crippen LogP contribution in [0.4, 0.5) is 0 Å². The van der Waals surface area contributed by atoms with E-state index in [1.807, 2.05) is 32.9 Å². The molecule has 82 valence electrons. The third-order valence-corrected chi connectivity index (χ3v) is 2.45. The number of carbonyl (C=O) groups excluding carboxylic acids is 1. The number of carbonyl (C=O) groups is 1. The number of nitrogens with zero attached hydrogens (tertiary/aromatic N) is 1. The van der Waals surface area contributed by atoms with Crippen molar-refractivity contribution < 1.29 is 9.53 Å². The molecule has 15 heavy (non-hydrogen) atoms. The van der Waals surface area contributed by atoms with E-state index in [2.05, 4.69) is 4.98 Å². The molecule has 0 aliphatic heterocycles. The Morgan fingerprint density at radius 2 is 2.07 bits per heavy atom. The fourth-order valence-corrected chi connectivity index (χ4v) is 1.55. The van der Waals surface area contributed by atoms with Crippen molar-refractivity contribution in [1.82, 2.24) is 4.98 Å². The summed E-state index contributed by atoms with van der Waals surface area (Å²) in [6.07, 6.45) is 0.958. The summed E-state index contributed by atoms with van der Waals surface area (Å²) in [5.41, 5.74) is 1.76. The highest BCUT2D eigenvalue weighted by Gasteiger charge is 2.19. The second-order valence-electron chi connectivity index (χ2n) is 3.96. The molecular weight excluding hydrogens is 190 g/mol. The number of aryl methyl sites for hydroxylation is 1. The van der Waals surface area contributed by atoms with Gasteiger partial charge in [-0.2, -0.15) is 0 Å². The minimum atomic E-state index is -0.145. The fourth-order valence-electron chi connectivity index (χ4n) is 1.55. The average molecular weight is 207 g/mol. The maximum Gasteiger partial charge on any atom is 0.217 e. The van der Waals surface area contributed by atoms with Gasteiger partial charge >= 0.3 is 0 Å². The summed E-state index contributed by atoms with van der Waals surface area (Å²) in [5.74, 6) is 0.662. The Hall–Kier alpha value is -1.38. The lowest BCUT2D eigenvalue weighted by Gasteiger charge is -2.17. The third kappa shape index (κ3) is 2.55. The van der Waals surface area contributed by atoms with Crippen LogP contribution in [0.25, 0.3) is 0 Å². The van der Waals surface area contributed by atoms with Crippen LogP contribution < -0.4 is 4.74 Å². The largest absolute Gasteiger partial charge is 0.481 e. The van der Waals surface area contributed by atoms with Crippen LogP contribution in [0.3, 0.4) is 0 Å². The molecule has 0 bridgehead atoms. The minimum absolute atomic E-state index is 0.145. The van der Waals surface area contributed by atoms with Gasteiger partial charge in [0.1, 0.15) is 6.29 Å². The van der Waals surface area contributed by atoms with Crippen LogP contribution in [-0.2, 0) is 4.79 Å². The van der Waals surface area contributed by atoms with Crippen LogP contribution in [0.1, 0.15) is 31.0 Å². The Bertz CT molecular complexity index is 347. The average Bonchev–Trinajstić information content (AvgIpc) is 2.20. The second kappa shape index (κ2) is 4.91. The van der Waals surface area contributed by atoms with E-state index in [0.29, 0.717) is 5.88 Å². The van der Waals surface area contributed by atoms with Gasteiger partial charge in [0.15, 0.2) is 0 Å². The maximum atomic E-state index is 11.0. The van der Waals surface area contributed by atoms with Crippen LogP contribution in [0.2, 0.25) is 0 Å². The SMILES string of the molecule is COc1nc(C)ccc1C(C=O)C(C)C. The summed E-state index contributed by atoms with van der Waals surface area (Å²) in [7, 11) is 1.58. The first-order valence-electron chi connectivity index (χ1n) is 5.07. The van der Waals surface area contributed by atoms with Gasteiger partial charge in [-0.3, -0.25) is 0 Å². The zero-order chi connectivity index (χ0) is 11.4. The molecule has 3 nitrogen and oxygen atoms in total. The van der Waals surface area contributed by atoms with E-state index in [0.717, 1.165) is 17.5 Å². The van der Waals surface area contributed by atoms with Crippen molar-refractivity contribution in [2.24, 2.45) is 5.92 Å². The Morgan fingerprint density at radius 1 is 1.40 bits per heavy atom. The smallest absolute Gasteiger partial charge is 0.217 e. The van der Waals surface area contributed by atoms with Crippen LogP contribution in [-0.4, -0.2) is 18.4 Å². The molecule has 0 fully saturated rings. The fraction of sp³-hybridized carbons (Fsp3) is 0.500. The van der Waals surface area contributed by atoms with Gasteiger partial charge < -0.3 is 9.53 Å². The van der Waals surface area contributed by atoms with Crippen molar-refractivity contribution in [3.8, 4) is 5.88 Å². The first-order valence-corrected chi connectivity index (χ1v) is 5.07. The Kier molecular flexibility index (Phi) is 3.83. The molecule has 0 spiro atoms. The molecule has 3 heteroatoms. The first-order chi connectivity index (χ1) is 7.10. The summed E-state index contributed by atoms with van der Waals surface area (Å²) in [6, 6.07) is 3.82. The molecule has 1 atom stereocenters. The molecule has 0 aromatic carbocycles. The highest BCUT2D eigenvalue weighted by Crippen LogP contribution is 2.29. The van der Waals surface area contributed by atoms with Gasteiger partial charge in [-0.25, -0.2) is 4.98 Å². The van der Waals surface area contributed by atoms with Gasteiger partial charge in [0.2, 0.25) is 5.88 Å². The second-order valence-corrected chi connectivity index (χ2v) is 3.96. The van der Waals surface area contributed by atoms with E-state index in [9.17, 15) is 4.79 Å². The zero-order valence-corrected chi connectivity index (χ0v) is 9.65. The molecule has 0 radical (unpaired) electrons. The lowest BCUT2D eigenvalue weighted by atomic mass is 9.90. The molecule has 0 saturated carbocycles. The van der Waals surface area contributed by atoms with Gasteiger partial charge in [0, 0.05) is 17.2 Å². The van der Waals surface area contributed by atoms with Crippen LogP contribution in [0.5, 0.6) is 5.88 Å². The summed E-state index contributed by atoms with van der Waals surface area (Å²) >= 11 is 0. The molecule has 1 unspecified atom stereocenters. The molecule has 0 saturated heterocycles. The molecule has 0 aliphatic rings. The summed E-state index contributed by atoms with van der Waals surface area (Å²) < 4.78 is 5.19. The zero-order valence-electron chi connectivity index (χ0n) is 9.65. The van der Waals surface area contributed by atoms with Crippen molar-refractivity contribution >= 4 is 6.29 Å². The highest BCUT2D eigenvalue weighted by molar-refractivity contribution is 5.64. The van der Waals surface area contributed by atoms with Gasteiger partial charge in [0.25, 0.3) is 0 Å². The van der Waals surface area contributed by atoms with E-state index in [4.69, 9.17) is 4.74 Å². The van der Waals surface area contributed by atoms with Crippen molar-refractivity contribution in [3.63, 3.8) is 0 Å². The van der Waals surface area contributed by atoms with Crippen molar-refractivity contribution in [2.75, 3.05) is 7.11 Å². The van der Waals surface area contributed by atoms with Gasteiger partial charge in [-0.15, -0.1) is 0 Å². The number of aromatic nitrogens is 1. The summed E-state index contributed by atoms with van der Waals surface area (Å²) in [4.78, 5) is 15.3. The maximum absolute atomic E-state index is 11.0. The summed E-state index contributed by atoms with van der Waals surface area (Å²) in [6.45, 7) is 5.92. The molecule has 0 aliphatic carbocycles. The molecule has 1 rings (SSSR count). The first kappa shape index (κ1) is 11.7. The molecule has 0 amide bonds. The number of rotatable bonds is 4. The number of hydrogen-bond donors (Lipinski definition) is 0. The lowest BCUT2D eigenvalue weighted by Crippen LogP contribution is -2.10. The highest BCUT2D eigenvalue weighted by atomic mass is 16.5. The Labute approximate surface area is 90.5 Å². The van der Waals surface area contributed by atoms with E-state index < -0.39 is 0 Å². The van der Waals surface area contributed by atoms with Crippen LogP contribution >= 0.6 is 0 Å². The molecule has 0 N–H and O–H groups in total. The number of pyridine rings is 1. The lowest BCUT2D eigenvalue weighted by molar-refractivity contribution is -0.109. The van der Waals surface area contributed by atoms with Crippen molar-refractivity contribution in [2.45, 2.75) is 26.7 Å². The van der Waals surface area contributed by atoms with Crippen molar-refractivity contribution in [3.05, 3.63) is 23.4 Å². The number of ether oxygens (including phenoxy) is 1. The van der Waals surface area contributed by atoms with Crippen LogP contribution in [0.15, 0.2) is 12.1 Å². The molecule has 1 aromatic heterocycles. The van der Waals surface area contributed by atoms with Gasteiger partial charge in [-0.1, -0.05) is 19.9 Å².